The molecule has 0 unspecified atom stereocenters. The Morgan fingerprint density at radius 3 is 2.96 bits per heavy atom. The molecule has 2 heterocycles. The molecule has 0 N–H and O–H groups in total. The van der Waals surface area contributed by atoms with E-state index in [1.807, 2.05) is 25.1 Å². The number of benzene rings is 1. The van der Waals surface area contributed by atoms with Gasteiger partial charge in [-0.2, -0.15) is 0 Å². The number of Topliss-reactive ketones (excluding diaryl/α,β-unsaturated/α-hetero) is 1. The van der Waals surface area contributed by atoms with Gasteiger partial charge in [-0.1, -0.05) is 11.6 Å². The monoisotopic (exact) mass is 359 g/mol. The second-order valence-electron chi connectivity index (χ2n) is 6.41. The molecule has 0 radical (unpaired) electrons. The summed E-state index contributed by atoms with van der Waals surface area (Å²) < 4.78 is 5.14. The number of hydrogen-bond acceptors (Lipinski definition) is 5. The summed E-state index contributed by atoms with van der Waals surface area (Å²) in [5.74, 6) is 1.01. The molecule has 132 valence electrons. The minimum absolute atomic E-state index is 0.0329. The van der Waals surface area contributed by atoms with Crippen LogP contribution in [-0.2, 0) is 11.3 Å². The number of nitrogens with zero attached hydrogens (tertiary/aromatic N) is 3. The van der Waals surface area contributed by atoms with E-state index in [2.05, 4.69) is 14.9 Å². The Morgan fingerprint density at radius 2 is 2.20 bits per heavy atom. The summed E-state index contributed by atoms with van der Waals surface area (Å²) in [6, 6.07) is 7.39. The van der Waals surface area contributed by atoms with Gasteiger partial charge in [0.05, 0.1) is 12.3 Å². The molecule has 2 aromatic rings. The molecule has 1 aromatic carbocycles. The molecule has 1 fully saturated rings. The number of ether oxygens (including phenoxy) is 1. The normalized spacial score (nSPS) is 17.6. The van der Waals surface area contributed by atoms with Crippen molar-refractivity contribution in [1.29, 1.82) is 0 Å². The van der Waals surface area contributed by atoms with Crippen LogP contribution >= 0.6 is 11.6 Å². The van der Waals surface area contributed by atoms with Crippen LogP contribution in [-0.4, -0.2) is 36.0 Å². The number of ketones is 1. The fourth-order valence-electron chi connectivity index (χ4n) is 3.31. The maximum Gasteiger partial charge on any atom is 0.167 e. The average molecular weight is 360 g/mol. The summed E-state index contributed by atoms with van der Waals surface area (Å²) in [6.45, 7) is 3.95. The van der Waals surface area contributed by atoms with Crippen LogP contribution < -0.4 is 4.90 Å². The van der Waals surface area contributed by atoms with E-state index in [-0.39, 0.29) is 11.7 Å². The highest BCUT2D eigenvalue weighted by atomic mass is 35.5. The van der Waals surface area contributed by atoms with Crippen molar-refractivity contribution in [3.05, 3.63) is 52.4 Å². The molecule has 0 aliphatic carbocycles. The Morgan fingerprint density at radius 1 is 1.36 bits per heavy atom. The lowest BCUT2D eigenvalue weighted by Crippen LogP contribution is -2.39. The standard InChI is InChI=1S/C19H22ClN3O2/c1-13-8-15(20)5-6-17(13)19(24)14-4-3-7-23(10-14)18-9-16(11-25-2)21-12-22-18/h5-6,8-9,12,14H,3-4,7,10-11H2,1-2H3/t14-/m0/s1. The average Bonchev–Trinajstić information content (AvgIpc) is 2.62. The third kappa shape index (κ3) is 4.17. The van der Waals surface area contributed by atoms with Crippen LogP contribution in [0.1, 0.15) is 34.5 Å². The maximum atomic E-state index is 13.0. The molecule has 1 atom stereocenters. The fourth-order valence-corrected chi connectivity index (χ4v) is 3.53. The molecule has 1 saturated heterocycles. The fraction of sp³-hybridized carbons (Fsp3) is 0.421. The summed E-state index contributed by atoms with van der Waals surface area (Å²) in [5, 5.41) is 0.658. The van der Waals surface area contributed by atoms with Gasteiger partial charge in [-0.25, -0.2) is 9.97 Å². The number of aryl methyl sites for hydroxylation is 1. The molecule has 1 aliphatic heterocycles. The SMILES string of the molecule is COCc1cc(N2CCC[C@H](C(=O)c3ccc(Cl)cc3C)C2)ncn1. The van der Waals surface area contributed by atoms with Crippen molar-refractivity contribution in [3.8, 4) is 0 Å². The smallest absolute Gasteiger partial charge is 0.167 e. The molecule has 0 bridgehead atoms. The topological polar surface area (TPSA) is 55.3 Å². The summed E-state index contributed by atoms with van der Waals surface area (Å²) in [6.07, 6.45) is 3.42. The van der Waals surface area contributed by atoms with E-state index in [1.165, 1.54) is 0 Å². The van der Waals surface area contributed by atoms with E-state index in [1.54, 1.807) is 19.5 Å². The number of carbonyl (C=O) groups is 1. The Balaban J connectivity index is 1.76. The predicted molar refractivity (Wildman–Crippen MR) is 98.2 cm³/mol. The number of piperidine rings is 1. The molecule has 0 spiro atoms. The Bertz CT molecular complexity index is 766. The van der Waals surface area contributed by atoms with Crippen LogP contribution in [0.2, 0.25) is 5.02 Å². The third-order valence-electron chi connectivity index (χ3n) is 4.57. The van der Waals surface area contributed by atoms with Crippen LogP contribution in [0, 0.1) is 12.8 Å². The first-order valence-electron chi connectivity index (χ1n) is 8.43. The van der Waals surface area contributed by atoms with Gasteiger partial charge in [-0.15, -0.1) is 0 Å². The molecule has 0 saturated carbocycles. The second kappa shape index (κ2) is 7.93. The number of halogens is 1. The van der Waals surface area contributed by atoms with E-state index < -0.39 is 0 Å². The van der Waals surface area contributed by atoms with Crippen molar-refractivity contribution in [3.63, 3.8) is 0 Å². The third-order valence-corrected chi connectivity index (χ3v) is 4.81. The molecule has 6 heteroatoms. The minimum Gasteiger partial charge on any atom is -0.378 e. The highest BCUT2D eigenvalue weighted by Gasteiger charge is 2.28. The van der Waals surface area contributed by atoms with Crippen molar-refractivity contribution in [2.45, 2.75) is 26.4 Å². The van der Waals surface area contributed by atoms with Gasteiger partial charge in [0.25, 0.3) is 0 Å². The summed E-state index contributed by atoms with van der Waals surface area (Å²) in [5.41, 5.74) is 2.53. The Kier molecular flexibility index (Phi) is 5.66. The lowest BCUT2D eigenvalue weighted by molar-refractivity contribution is 0.0906. The van der Waals surface area contributed by atoms with Gasteiger partial charge in [0.2, 0.25) is 0 Å². The minimum atomic E-state index is -0.0329. The lowest BCUT2D eigenvalue weighted by atomic mass is 9.88. The van der Waals surface area contributed by atoms with Crippen molar-refractivity contribution >= 4 is 23.2 Å². The zero-order chi connectivity index (χ0) is 17.8. The first-order valence-corrected chi connectivity index (χ1v) is 8.81. The van der Waals surface area contributed by atoms with Crippen molar-refractivity contribution in [2.75, 3.05) is 25.1 Å². The summed E-state index contributed by atoms with van der Waals surface area (Å²) in [4.78, 5) is 23.7. The molecular formula is C19H22ClN3O2. The van der Waals surface area contributed by atoms with Gasteiger partial charge in [-0.3, -0.25) is 4.79 Å². The van der Waals surface area contributed by atoms with E-state index in [4.69, 9.17) is 16.3 Å². The van der Waals surface area contributed by atoms with Crippen LogP contribution in [0.4, 0.5) is 5.82 Å². The Labute approximate surface area is 153 Å². The van der Waals surface area contributed by atoms with Crippen LogP contribution in [0.15, 0.2) is 30.6 Å². The number of methoxy groups -OCH3 is 1. The molecule has 3 rings (SSSR count). The zero-order valence-corrected chi connectivity index (χ0v) is 15.3. The molecule has 1 aromatic heterocycles. The highest BCUT2D eigenvalue weighted by Crippen LogP contribution is 2.26. The second-order valence-corrected chi connectivity index (χ2v) is 6.85. The molecule has 25 heavy (non-hydrogen) atoms. The van der Waals surface area contributed by atoms with E-state index >= 15 is 0 Å². The van der Waals surface area contributed by atoms with Crippen LogP contribution in [0.5, 0.6) is 0 Å². The molecule has 0 amide bonds. The Hall–Kier alpha value is -1.98. The van der Waals surface area contributed by atoms with Crippen molar-refractivity contribution in [2.24, 2.45) is 5.92 Å². The van der Waals surface area contributed by atoms with Crippen molar-refractivity contribution in [1.82, 2.24) is 9.97 Å². The predicted octanol–water partition coefficient (Wildman–Crippen LogP) is 3.68. The zero-order valence-electron chi connectivity index (χ0n) is 14.5. The number of carbonyl (C=O) groups excluding carboxylic acids is 1. The van der Waals surface area contributed by atoms with Crippen molar-refractivity contribution < 1.29 is 9.53 Å². The maximum absolute atomic E-state index is 13.0. The summed E-state index contributed by atoms with van der Waals surface area (Å²) >= 11 is 6.01. The largest absolute Gasteiger partial charge is 0.378 e. The van der Waals surface area contributed by atoms with Gasteiger partial charge in [0, 0.05) is 42.8 Å². The lowest BCUT2D eigenvalue weighted by Gasteiger charge is -2.33. The van der Waals surface area contributed by atoms with Gasteiger partial charge in [0.15, 0.2) is 5.78 Å². The van der Waals surface area contributed by atoms with Gasteiger partial charge in [-0.05, 0) is 43.5 Å². The van der Waals surface area contributed by atoms with E-state index in [0.717, 1.165) is 42.0 Å². The quantitative estimate of drug-likeness (QED) is 0.762. The van der Waals surface area contributed by atoms with Crippen LogP contribution in [0.3, 0.4) is 0 Å². The van der Waals surface area contributed by atoms with E-state index in [0.29, 0.717) is 18.2 Å². The molecular weight excluding hydrogens is 338 g/mol. The number of hydrogen-bond donors (Lipinski definition) is 0. The molecule has 5 nitrogen and oxygen atoms in total. The van der Waals surface area contributed by atoms with E-state index in [9.17, 15) is 4.79 Å². The number of anilines is 1. The summed E-state index contributed by atoms with van der Waals surface area (Å²) in [7, 11) is 1.64. The van der Waals surface area contributed by atoms with Gasteiger partial charge >= 0.3 is 0 Å². The first kappa shape index (κ1) is 17.8. The first-order chi connectivity index (χ1) is 12.1. The number of aromatic nitrogens is 2. The highest BCUT2D eigenvalue weighted by molar-refractivity contribution is 6.30. The van der Waals surface area contributed by atoms with Gasteiger partial charge < -0.3 is 9.64 Å². The number of rotatable bonds is 5. The molecule has 1 aliphatic rings. The van der Waals surface area contributed by atoms with Gasteiger partial charge in [0.1, 0.15) is 12.1 Å². The van der Waals surface area contributed by atoms with Crippen LogP contribution in [0.25, 0.3) is 0 Å².